The van der Waals surface area contributed by atoms with E-state index in [9.17, 15) is 0 Å². The maximum Gasteiger partial charge on any atom is 0.119 e. The second-order valence-corrected chi connectivity index (χ2v) is 4.77. The summed E-state index contributed by atoms with van der Waals surface area (Å²) < 4.78 is 5.70. The summed E-state index contributed by atoms with van der Waals surface area (Å²) >= 11 is 4.94. The minimum atomic E-state index is 0.398. The molecule has 0 bridgehead atoms. The molecule has 19 heavy (non-hydrogen) atoms. The van der Waals surface area contributed by atoms with Crippen LogP contribution in [0.2, 0.25) is 0 Å². The standard InChI is InChI=1S/C16H17NOS/c17-16(19)14-9-4-10-15(12-14)18-11-5-8-13-6-2-1-3-7-13/h1-4,6-7,9-10,12H,5,8,11H2,(H2,17,19). The van der Waals surface area contributed by atoms with Crippen molar-refractivity contribution in [3.8, 4) is 5.75 Å². The lowest BCUT2D eigenvalue weighted by Crippen LogP contribution is -2.09. The van der Waals surface area contributed by atoms with Gasteiger partial charge in [-0.2, -0.15) is 0 Å². The van der Waals surface area contributed by atoms with E-state index in [-0.39, 0.29) is 0 Å². The van der Waals surface area contributed by atoms with E-state index >= 15 is 0 Å². The van der Waals surface area contributed by atoms with Crippen molar-refractivity contribution in [3.05, 3.63) is 65.7 Å². The van der Waals surface area contributed by atoms with Gasteiger partial charge in [-0.25, -0.2) is 0 Å². The fourth-order valence-electron chi connectivity index (χ4n) is 1.85. The average Bonchev–Trinajstić information content (AvgIpc) is 2.45. The van der Waals surface area contributed by atoms with Gasteiger partial charge in [-0.1, -0.05) is 54.7 Å². The number of hydrogen-bond acceptors (Lipinski definition) is 2. The number of benzene rings is 2. The molecule has 2 aromatic rings. The van der Waals surface area contributed by atoms with Gasteiger partial charge >= 0.3 is 0 Å². The normalized spacial score (nSPS) is 10.1. The molecule has 0 unspecified atom stereocenters. The Bertz CT molecular complexity index is 539. The van der Waals surface area contributed by atoms with Gasteiger partial charge in [0.2, 0.25) is 0 Å². The Hall–Kier alpha value is -1.87. The molecule has 2 rings (SSSR count). The van der Waals surface area contributed by atoms with Gasteiger partial charge in [0.25, 0.3) is 0 Å². The van der Waals surface area contributed by atoms with Crippen LogP contribution < -0.4 is 10.5 Å². The van der Waals surface area contributed by atoms with Crippen LogP contribution in [0.4, 0.5) is 0 Å². The molecule has 2 aromatic carbocycles. The van der Waals surface area contributed by atoms with Gasteiger partial charge < -0.3 is 10.5 Å². The fourth-order valence-corrected chi connectivity index (χ4v) is 1.98. The first kappa shape index (κ1) is 13.6. The van der Waals surface area contributed by atoms with Crippen LogP contribution in [-0.4, -0.2) is 11.6 Å². The largest absolute Gasteiger partial charge is 0.494 e. The zero-order chi connectivity index (χ0) is 13.5. The summed E-state index contributed by atoms with van der Waals surface area (Å²) in [6.07, 6.45) is 2.01. The molecule has 0 atom stereocenters. The Kier molecular flexibility index (Phi) is 4.93. The summed E-state index contributed by atoms with van der Waals surface area (Å²) in [7, 11) is 0. The highest BCUT2D eigenvalue weighted by Crippen LogP contribution is 2.14. The van der Waals surface area contributed by atoms with Crippen LogP contribution in [0.25, 0.3) is 0 Å². The van der Waals surface area contributed by atoms with Gasteiger partial charge in [-0.15, -0.1) is 0 Å². The maximum atomic E-state index is 5.70. The predicted molar refractivity (Wildman–Crippen MR) is 82.6 cm³/mol. The Balaban J connectivity index is 1.80. The van der Waals surface area contributed by atoms with Crippen molar-refractivity contribution in [2.45, 2.75) is 12.8 Å². The van der Waals surface area contributed by atoms with E-state index < -0.39 is 0 Å². The molecular weight excluding hydrogens is 254 g/mol. The van der Waals surface area contributed by atoms with E-state index in [1.165, 1.54) is 5.56 Å². The number of rotatable bonds is 6. The topological polar surface area (TPSA) is 35.2 Å². The first-order valence-corrected chi connectivity index (χ1v) is 6.73. The summed E-state index contributed by atoms with van der Waals surface area (Å²) in [5.41, 5.74) is 7.77. The zero-order valence-electron chi connectivity index (χ0n) is 10.7. The molecule has 98 valence electrons. The van der Waals surface area contributed by atoms with Crippen LogP contribution in [0.15, 0.2) is 54.6 Å². The summed E-state index contributed by atoms with van der Waals surface area (Å²) in [4.78, 5) is 0.398. The quantitative estimate of drug-likeness (QED) is 0.646. The van der Waals surface area contributed by atoms with Crippen LogP contribution in [-0.2, 0) is 6.42 Å². The van der Waals surface area contributed by atoms with Gasteiger partial charge in [0, 0.05) is 5.56 Å². The lowest BCUT2D eigenvalue weighted by molar-refractivity contribution is 0.311. The Labute approximate surface area is 119 Å². The highest BCUT2D eigenvalue weighted by molar-refractivity contribution is 7.80. The molecule has 2 N–H and O–H groups in total. The van der Waals surface area contributed by atoms with Gasteiger partial charge in [-0.05, 0) is 30.5 Å². The molecule has 0 saturated carbocycles. The van der Waals surface area contributed by atoms with E-state index in [0.29, 0.717) is 11.6 Å². The van der Waals surface area contributed by atoms with E-state index in [4.69, 9.17) is 22.7 Å². The number of nitrogens with two attached hydrogens (primary N) is 1. The fraction of sp³-hybridized carbons (Fsp3) is 0.188. The monoisotopic (exact) mass is 271 g/mol. The Morgan fingerprint density at radius 1 is 1.05 bits per heavy atom. The second kappa shape index (κ2) is 6.90. The van der Waals surface area contributed by atoms with Gasteiger partial charge in [-0.3, -0.25) is 0 Å². The molecule has 0 aliphatic heterocycles. The summed E-state index contributed by atoms with van der Waals surface area (Å²) in [6.45, 7) is 0.690. The third kappa shape index (κ3) is 4.38. The third-order valence-corrected chi connectivity index (χ3v) is 3.08. The number of aryl methyl sites for hydroxylation is 1. The van der Waals surface area contributed by atoms with E-state index in [1.807, 2.05) is 30.3 Å². The van der Waals surface area contributed by atoms with Gasteiger partial charge in [0.05, 0.1) is 6.61 Å². The SMILES string of the molecule is NC(=S)c1cccc(OCCCc2ccccc2)c1. The van der Waals surface area contributed by atoms with Crippen molar-refractivity contribution < 1.29 is 4.74 Å². The lowest BCUT2D eigenvalue weighted by atomic mass is 10.1. The van der Waals surface area contributed by atoms with E-state index in [1.54, 1.807) is 0 Å². The van der Waals surface area contributed by atoms with Crippen LogP contribution in [0.1, 0.15) is 17.5 Å². The molecule has 0 radical (unpaired) electrons. The third-order valence-electron chi connectivity index (χ3n) is 2.84. The van der Waals surface area contributed by atoms with Crippen molar-refractivity contribution >= 4 is 17.2 Å². The molecule has 0 fully saturated rings. The molecule has 0 heterocycles. The summed E-state index contributed by atoms with van der Waals surface area (Å²) in [5.74, 6) is 0.818. The molecular formula is C16H17NOS. The van der Waals surface area contributed by atoms with Gasteiger partial charge in [0.1, 0.15) is 10.7 Å². The van der Waals surface area contributed by atoms with Crippen LogP contribution in [0, 0.1) is 0 Å². The smallest absolute Gasteiger partial charge is 0.119 e. The van der Waals surface area contributed by atoms with Crippen molar-refractivity contribution in [1.29, 1.82) is 0 Å². The van der Waals surface area contributed by atoms with Crippen LogP contribution >= 0.6 is 12.2 Å². The zero-order valence-corrected chi connectivity index (χ0v) is 11.5. The highest BCUT2D eigenvalue weighted by Gasteiger charge is 1.99. The number of ether oxygens (including phenoxy) is 1. The Morgan fingerprint density at radius 2 is 1.84 bits per heavy atom. The first-order chi connectivity index (χ1) is 9.25. The highest BCUT2D eigenvalue weighted by atomic mass is 32.1. The molecule has 2 nitrogen and oxygen atoms in total. The van der Waals surface area contributed by atoms with Crippen molar-refractivity contribution in [1.82, 2.24) is 0 Å². The molecule has 0 aliphatic rings. The minimum Gasteiger partial charge on any atom is -0.494 e. The summed E-state index contributed by atoms with van der Waals surface area (Å²) in [5, 5.41) is 0. The second-order valence-electron chi connectivity index (χ2n) is 4.33. The molecule has 0 saturated heterocycles. The number of hydrogen-bond donors (Lipinski definition) is 1. The summed E-state index contributed by atoms with van der Waals surface area (Å²) in [6, 6.07) is 18.0. The van der Waals surface area contributed by atoms with E-state index in [0.717, 1.165) is 24.2 Å². The van der Waals surface area contributed by atoms with Crippen molar-refractivity contribution in [3.63, 3.8) is 0 Å². The molecule has 0 aromatic heterocycles. The number of thiocarbonyl (C=S) groups is 1. The van der Waals surface area contributed by atoms with Gasteiger partial charge in [0.15, 0.2) is 0 Å². The van der Waals surface area contributed by atoms with E-state index in [2.05, 4.69) is 24.3 Å². The Morgan fingerprint density at radius 3 is 2.58 bits per heavy atom. The molecule has 0 spiro atoms. The van der Waals surface area contributed by atoms with Crippen LogP contribution in [0.5, 0.6) is 5.75 Å². The first-order valence-electron chi connectivity index (χ1n) is 6.32. The average molecular weight is 271 g/mol. The molecule has 0 aliphatic carbocycles. The molecule has 0 amide bonds. The maximum absolute atomic E-state index is 5.70. The predicted octanol–water partition coefficient (Wildman–Crippen LogP) is 3.33. The lowest BCUT2D eigenvalue weighted by Gasteiger charge is -2.07. The minimum absolute atomic E-state index is 0.398. The van der Waals surface area contributed by atoms with Crippen molar-refractivity contribution in [2.75, 3.05) is 6.61 Å². The molecule has 3 heteroatoms. The van der Waals surface area contributed by atoms with Crippen LogP contribution in [0.3, 0.4) is 0 Å². The van der Waals surface area contributed by atoms with Crippen molar-refractivity contribution in [2.24, 2.45) is 5.73 Å².